The van der Waals surface area contributed by atoms with Crippen LogP contribution in [0.3, 0.4) is 0 Å². The van der Waals surface area contributed by atoms with Crippen molar-refractivity contribution in [1.82, 2.24) is 9.97 Å². The summed E-state index contributed by atoms with van der Waals surface area (Å²) in [5.41, 5.74) is 1.03. The minimum Gasteiger partial charge on any atom is -0.489 e. The molecule has 2 rings (SSSR count). The molecule has 0 aliphatic carbocycles. The molecule has 0 bridgehead atoms. The lowest BCUT2D eigenvalue weighted by molar-refractivity contribution is 0.408. The molecule has 0 radical (unpaired) electrons. The first-order valence-corrected chi connectivity index (χ1v) is 6.20. The van der Waals surface area contributed by atoms with Gasteiger partial charge in [-0.3, -0.25) is 4.79 Å². The molecular weight excluding hydrogens is 242 g/mol. The molecule has 1 heterocycles. The molecule has 5 nitrogen and oxygen atoms in total. The SMILES string of the molecule is COc1c(NCCCc2ccccc2)nc[nH]c1=O. The second-order valence-electron chi connectivity index (χ2n) is 4.13. The third-order valence-corrected chi connectivity index (χ3v) is 2.79. The lowest BCUT2D eigenvalue weighted by Gasteiger charge is -2.08. The Morgan fingerprint density at radius 2 is 2.11 bits per heavy atom. The molecule has 2 aromatic rings. The van der Waals surface area contributed by atoms with Crippen LogP contribution in [0, 0.1) is 0 Å². The molecule has 0 amide bonds. The van der Waals surface area contributed by atoms with E-state index in [1.807, 2.05) is 18.2 Å². The molecule has 0 aliphatic rings. The highest BCUT2D eigenvalue weighted by molar-refractivity contribution is 5.47. The van der Waals surface area contributed by atoms with Crippen LogP contribution in [0.4, 0.5) is 5.82 Å². The van der Waals surface area contributed by atoms with E-state index in [1.165, 1.54) is 19.0 Å². The van der Waals surface area contributed by atoms with Crippen molar-refractivity contribution in [1.29, 1.82) is 0 Å². The van der Waals surface area contributed by atoms with Crippen molar-refractivity contribution in [2.24, 2.45) is 0 Å². The lowest BCUT2D eigenvalue weighted by Crippen LogP contribution is -2.14. The van der Waals surface area contributed by atoms with Gasteiger partial charge in [0.25, 0.3) is 5.56 Å². The summed E-state index contributed by atoms with van der Waals surface area (Å²) in [6, 6.07) is 10.3. The second-order valence-corrected chi connectivity index (χ2v) is 4.13. The number of aromatic amines is 1. The van der Waals surface area contributed by atoms with Crippen LogP contribution in [0.1, 0.15) is 12.0 Å². The van der Waals surface area contributed by atoms with Crippen LogP contribution in [-0.2, 0) is 6.42 Å². The Bertz CT molecular complexity index is 566. The number of aromatic nitrogens is 2. The first-order chi connectivity index (χ1) is 9.31. The van der Waals surface area contributed by atoms with Gasteiger partial charge in [-0.1, -0.05) is 30.3 Å². The summed E-state index contributed by atoms with van der Waals surface area (Å²) in [6.45, 7) is 0.738. The normalized spacial score (nSPS) is 10.2. The quantitative estimate of drug-likeness (QED) is 0.777. The molecule has 0 saturated heterocycles. The molecule has 0 saturated carbocycles. The number of hydrogen-bond donors (Lipinski definition) is 2. The molecule has 1 aromatic carbocycles. The van der Waals surface area contributed by atoms with Crippen molar-refractivity contribution in [3.05, 3.63) is 52.6 Å². The van der Waals surface area contributed by atoms with Gasteiger partial charge in [0, 0.05) is 6.54 Å². The number of ether oxygens (including phenoxy) is 1. The monoisotopic (exact) mass is 259 g/mol. The van der Waals surface area contributed by atoms with Crippen molar-refractivity contribution >= 4 is 5.82 Å². The topological polar surface area (TPSA) is 67.0 Å². The standard InChI is InChI=1S/C14H17N3O2/c1-19-12-13(16-10-17-14(12)18)15-9-5-8-11-6-3-2-4-7-11/h2-4,6-7,10H,5,8-9H2,1H3,(H2,15,16,17,18). The minimum atomic E-state index is -0.275. The molecule has 0 unspecified atom stereocenters. The van der Waals surface area contributed by atoms with Crippen molar-refractivity contribution in [2.45, 2.75) is 12.8 Å². The van der Waals surface area contributed by atoms with Gasteiger partial charge in [-0.15, -0.1) is 0 Å². The van der Waals surface area contributed by atoms with Crippen LogP contribution in [0.25, 0.3) is 0 Å². The van der Waals surface area contributed by atoms with Gasteiger partial charge in [0.1, 0.15) is 0 Å². The first-order valence-electron chi connectivity index (χ1n) is 6.20. The van der Waals surface area contributed by atoms with Crippen LogP contribution in [0.5, 0.6) is 5.75 Å². The Hall–Kier alpha value is -2.30. The third-order valence-electron chi connectivity index (χ3n) is 2.79. The number of nitrogens with one attached hydrogen (secondary N) is 2. The van der Waals surface area contributed by atoms with Crippen molar-refractivity contribution < 1.29 is 4.74 Å². The maximum Gasteiger partial charge on any atom is 0.295 e. The van der Waals surface area contributed by atoms with Crippen molar-refractivity contribution in [3.63, 3.8) is 0 Å². The van der Waals surface area contributed by atoms with Crippen LogP contribution < -0.4 is 15.6 Å². The molecule has 19 heavy (non-hydrogen) atoms. The van der Waals surface area contributed by atoms with Crippen LogP contribution in [0.15, 0.2) is 41.5 Å². The number of nitrogens with zero attached hydrogens (tertiary/aromatic N) is 1. The summed E-state index contributed by atoms with van der Waals surface area (Å²) >= 11 is 0. The van der Waals surface area contributed by atoms with E-state index in [-0.39, 0.29) is 11.3 Å². The molecular formula is C14H17N3O2. The molecule has 0 spiro atoms. The van der Waals surface area contributed by atoms with E-state index in [1.54, 1.807) is 0 Å². The Morgan fingerprint density at radius 3 is 2.84 bits per heavy atom. The summed E-state index contributed by atoms with van der Waals surface area (Å²) in [4.78, 5) is 18.0. The maximum absolute atomic E-state index is 11.5. The van der Waals surface area contributed by atoms with Gasteiger partial charge in [-0.2, -0.15) is 0 Å². The first kappa shape index (κ1) is 13.1. The van der Waals surface area contributed by atoms with Crippen LogP contribution in [0.2, 0.25) is 0 Å². The highest BCUT2D eigenvalue weighted by Crippen LogP contribution is 2.14. The number of hydrogen-bond acceptors (Lipinski definition) is 4. The van der Waals surface area contributed by atoms with Crippen molar-refractivity contribution in [3.8, 4) is 5.75 Å². The number of benzene rings is 1. The average Bonchev–Trinajstić information content (AvgIpc) is 2.45. The zero-order valence-electron chi connectivity index (χ0n) is 10.8. The number of H-pyrrole nitrogens is 1. The zero-order valence-corrected chi connectivity index (χ0v) is 10.8. The van der Waals surface area contributed by atoms with Gasteiger partial charge in [0.05, 0.1) is 13.4 Å². The van der Waals surface area contributed by atoms with Crippen LogP contribution in [-0.4, -0.2) is 23.6 Å². The molecule has 5 heteroatoms. The fourth-order valence-corrected chi connectivity index (χ4v) is 1.85. The summed E-state index contributed by atoms with van der Waals surface area (Å²) < 4.78 is 5.02. The van der Waals surface area contributed by atoms with Gasteiger partial charge in [0.2, 0.25) is 5.75 Å². The van der Waals surface area contributed by atoms with Crippen molar-refractivity contribution in [2.75, 3.05) is 19.0 Å². The number of aryl methyl sites for hydroxylation is 1. The van der Waals surface area contributed by atoms with Gasteiger partial charge >= 0.3 is 0 Å². The molecule has 0 atom stereocenters. The molecule has 1 aromatic heterocycles. The Labute approximate surface area is 111 Å². The Balaban J connectivity index is 1.86. The lowest BCUT2D eigenvalue weighted by atomic mass is 10.1. The van der Waals surface area contributed by atoms with E-state index in [2.05, 4.69) is 27.4 Å². The van der Waals surface area contributed by atoms with E-state index in [4.69, 9.17) is 4.74 Å². The zero-order chi connectivity index (χ0) is 13.5. The summed E-state index contributed by atoms with van der Waals surface area (Å²) in [6.07, 6.45) is 3.31. The van der Waals surface area contributed by atoms with Gasteiger partial charge in [-0.05, 0) is 18.4 Å². The highest BCUT2D eigenvalue weighted by Gasteiger charge is 2.07. The van der Waals surface area contributed by atoms with Gasteiger partial charge < -0.3 is 15.0 Å². The largest absolute Gasteiger partial charge is 0.489 e. The van der Waals surface area contributed by atoms with Gasteiger partial charge in [-0.25, -0.2) is 4.98 Å². The molecule has 2 N–H and O–H groups in total. The average molecular weight is 259 g/mol. The Morgan fingerprint density at radius 1 is 1.32 bits per heavy atom. The summed E-state index contributed by atoms with van der Waals surface area (Å²) in [5, 5.41) is 3.12. The molecule has 100 valence electrons. The number of anilines is 1. The van der Waals surface area contributed by atoms with E-state index >= 15 is 0 Å². The number of methoxy groups -OCH3 is 1. The fourth-order valence-electron chi connectivity index (χ4n) is 1.85. The van der Waals surface area contributed by atoms with E-state index in [9.17, 15) is 4.79 Å². The van der Waals surface area contributed by atoms with E-state index < -0.39 is 0 Å². The third kappa shape index (κ3) is 3.58. The fraction of sp³-hybridized carbons (Fsp3) is 0.286. The van der Waals surface area contributed by atoms with Crippen LogP contribution >= 0.6 is 0 Å². The smallest absolute Gasteiger partial charge is 0.295 e. The predicted octanol–water partition coefficient (Wildman–Crippen LogP) is 1.82. The predicted molar refractivity (Wildman–Crippen MR) is 74.7 cm³/mol. The minimum absolute atomic E-state index is 0.224. The highest BCUT2D eigenvalue weighted by atomic mass is 16.5. The summed E-state index contributed by atoms with van der Waals surface area (Å²) in [7, 11) is 1.46. The maximum atomic E-state index is 11.5. The van der Waals surface area contributed by atoms with Gasteiger partial charge in [0.15, 0.2) is 5.82 Å². The Kier molecular flexibility index (Phi) is 4.55. The summed E-state index contributed by atoms with van der Waals surface area (Å²) in [5.74, 6) is 0.710. The van der Waals surface area contributed by atoms with E-state index in [0.717, 1.165) is 19.4 Å². The van der Waals surface area contributed by atoms with E-state index in [0.29, 0.717) is 5.82 Å². The second kappa shape index (κ2) is 6.58. The number of rotatable bonds is 6. The molecule has 0 fully saturated rings. The molecule has 0 aliphatic heterocycles.